The quantitative estimate of drug-likeness (QED) is 0.865. The number of rotatable bonds is 1. The molecule has 22 heavy (non-hydrogen) atoms. The third kappa shape index (κ3) is 3.35. The lowest BCUT2D eigenvalue weighted by atomic mass is 10.1. The normalized spacial score (nSPS) is 18.3. The molecular formula is C17H25N3O2. The molecule has 120 valence electrons. The Morgan fingerprint density at radius 1 is 1.09 bits per heavy atom. The lowest BCUT2D eigenvalue weighted by Crippen LogP contribution is -2.50. The zero-order valence-corrected chi connectivity index (χ0v) is 13.7. The summed E-state index contributed by atoms with van der Waals surface area (Å²) in [4.78, 5) is 16.2. The van der Waals surface area contributed by atoms with Gasteiger partial charge < -0.3 is 19.9 Å². The maximum atomic E-state index is 12.1. The topological polar surface area (TPSA) is 44.8 Å². The fourth-order valence-corrected chi connectivity index (χ4v) is 2.95. The van der Waals surface area contributed by atoms with Gasteiger partial charge in [0.15, 0.2) is 0 Å². The number of nitrogens with one attached hydrogen (secondary N) is 1. The van der Waals surface area contributed by atoms with E-state index in [2.05, 4.69) is 28.4 Å². The van der Waals surface area contributed by atoms with Gasteiger partial charge >= 0.3 is 6.09 Å². The number of hydrogen-bond donors (Lipinski definition) is 1. The molecule has 1 amide bonds. The molecule has 0 spiro atoms. The summed E-state index contributed by atoms with van der Waals surface area (Å²) in [6, 6.07) is 6.68. The number of carbonyl (C=O) groups is 1. The Labute approximate surface area is 132 Å². The number of piperazine rings is 1. The van der Waals surface area contributed by atoms with E-state index in [4.69, 9.17) is 4.74 Å². The van der Waals surface area contributed by atoms with Crippen LogP contribution in [0.5, 0.6) is 0 Å². The van der Waals surface area contributed by atoms with Crippen LogP contribution >= 0.6 is 0 Å². The monoisotopic (exact) mass is 303 g/mol. The molecule has 1 saturated heterocycles. The van der Waals surface area contributed by atoms with Gasteiger partial charge in [-0.05, 0) is 44.0 Å². The Morgan fingerprint density at radius 2 is 1.77 bits per heavy atom. The van der Waals surface area contributed by atoms with E-state index in [1.807, 2.05) is 20.8 Å². The second kappa shape index (κ2) is 5.80. The fourth-order valence-electron chi connectivity index (χ4n) is 2.95. The molecule has 0 aromatic heterocycles. The molecule has 0 unspecified atom stereocenters. The summed E-state index contributed by atoms with van der Waals surface area (Å²) in [5.74, 6) is 0. The van der Waals surface area contributed by atoms with Crippen molar-refractivity contribution < 1.29 is 9.53 Å². The minimum atomic E-state index is -0.429. The van der Waals surface area contributed by atoms with E-state index in [0.717, 1.165) is 26.2 Å². The molecule has 2 aliphatic rings. The number of benzene rings is 1. The highest BCUT2D eigenvalue weighted by Crippen LogP contribution is 2.24. The van der Waals surface area contributed by atoms with Gasteiger partial charge in [0.2, 0.25) is 0 Å². The maximum Gasteiger partial charge on any atom is 0.410 e. The largest absolute Gasteiger partial charge is 0.444 e. The van der Waals surface area contributed by atoms with Crippen LogP contribution in [0.1, 0.15) is 31.9 Å². The summed E-state index contributed by atoms with van der Waals surface area (Å²) in [5, 5.41) is 3.37. The van der Waals surface area contributed by atoms with Gasteiger partial charge in [-0.25, -0.2) is 4.79 Å². The van der Waals surface area contributed by atoms with Crippen LogP contribution in [0.25, 0.3) is 0 Å². The van der Waals surface area contributed by atoms with E-state index in [1.165, 1.54) is 16.8 Å². The zero-order chi connectivity index (χ0) is 15.7. The van der Waals surface area contributed by atoms with Crippen LogP contribution < -0.4 is 10.2 Å². The van der Waals surface area contributed by atoms with Crippen molar-refractivity contribution >= 4 is 11.8 Å². The van der Waals surface area contributed by atoms with Crippen molar-refractivity contribution in [3.8, 4) is 0 Å². The van der Waals surface area contributed by atoms with Crippen LogP contribution in [0, 0.1) is 0 Å². The van der Waals surface area contributed by atoms with Gasteiger partial charge in [0.1, 0.15) is 5.60 Å². The smallest absolute Gasteiger partial charge is 0.410 e. The van der Waals surface area contributed by atoms with Gasteiger partial charge in [-0.1, -0.05) is 6.07 Å². The van der Waals surface area contributed by atoms with Gasteiger partial charge in [-0.2, -0.15) is 0 Å². The van der Waals surface area contributed by atoms with Crippen molar-refractivity contribution in [2.24, 2.45) is 0 Å². The van der Waals surface area contributed by atoms with Crippen LogP contribution in [-0.2, 0) is 17.8 Å². The van der Waals surface area contributed by atoms with E-state index in [-0.39, 0.29) is 6.09 Å². The molecule has 0 aliphatic carbocycles. The first kappa shape index (κ1) is 15.2. The van der Waals surface area contributed by atoms with Crippen LogP contribution in [0.15, 0.2) is 18.2 Å². The minimum absolute atomic E-state index is 0.203. The molecule has 1 fully saturated rings. The highest BCUT2D eigenvalue weighted by Gasteiger charge is 2.26. The van der Waals surface area contributed by atoms with Crippen molar-refractivity contribution in [3.63, 3.8) is 0 Å². The maximum absolute atomic E-state index is 12.1. The zero-order valence-electron chi connectivity index (χ0n) is 13.7. The molecule has 0 radical (unpaired) electrons. The molecule has 2 aliphatic heterocycles. The number of hydrogen-bond acceptors (Lipinski definition) is 4. The van der Waals surface area contributed by atoms with Crippen LogP contribution in [0.2, 0.25) is 0 Å². The summed E-state index contributed by atoms with van der Waals surface area (Å²) in [6.45, 7) is 10.8. The predicted molar refractivity (Wildman–Crippen MR) is 87.0 cm³/mol. The fraction of sp³-hybridized carbons (Fsp3) is 0.588. The van der Waals surface area contributed by atoms with E-state index < -0.39 is 5.60 Å². The van der Waals surface area contributed by atoms with Gasteiger partial charge in [-0.15, -0.1) is 0 Å². The van der Waals surface area contributed by atoms with E-state index in [0.29, 0.717) is 13.1 Å². The molecule has 3 rings (SSSR count). The average Bonchev–Trinajstić information content (AvgIpc) is 2.93. The Bertz CT molecular complexity index is 558. The molecular weight excluding hydrogens is 278 g/mol. The first-order chi connectivity index (χ1) is 10.4. The predicted octanol–water partition coefficient (Wildman–Crippen LogP) is 2.35. The van der Waals surface area contributed by atoms with Gasteiger partial charge in [0.05, 0.1) is 0 Å². The van der Waals surface area contributed by atoms with Crippen molar-refractivity contribution in [1.82, 2.24) is 10.2 Å². The standard InChI is InChI=1S/C17H25N3O2/c1-17(2,3)22-16(21)20-8-6-19(7-9-20)15-5-4-13-11-18-12-14(13)10-15/h4-5,10,18H,6-9,11-12H2,1-3H3. The van der Waals surface area contributed by atoms with Gasteiger partial charge in [-0.3, -0.25) is 0 Å². The number of anilines is 1. The molecule has 0 saturated carbocycles. The van der Waals surface area contributed by atoms with Crippen LogP contribution in [0.4, 0.5) is 10.5 Å². The molecule has 5 nitrogen and oxygen atoms in total. The summed E-state index contributed by atoms with van der Waals surface area (Å²) in [5.41, 5.74) is 3.62. The van der Waals surface area contributed by atoms with Crippen molar-refractivity contribution in [2.45, 2.75) is 39.5 Å². The number of fused-ring (bicyclic) bond motifs is 1. The molecule has 0 atom stereocenters. The highest BCUT2D eigenvalue weighted by molar-refractivity contribution is 5.68. The number of nitrogens with zero attached hydrogens (tertiary/aromatic N) is 2. The minimum Gasteiger partial charge on any atom is -0.444 e. The lowest BCUT2D eigenvalue weighted by Gasteiger charge is -2.36. The van der Waals surface area contributed by atoms with Crippen LogP contribution in [-0.4, -0.2) is 42.8 Å². The van der Waals surface area contributed by atoms with E-state index in [9.17, 15) is 4.79 Å². The average molecular weight is 303 g/mol. The number of carbonyl (C=O) groups excluding carboxylic acids is 1. The van der Waals surface area contributed by atoms with Crippen molar-refractivity contribution in [1.29, 1.82) is 0 Å². The summed E-state index contributed by atoms with van der Waals surface area (Å²) in [6.07, 6.45) is -0.203. The van der Waals surface area contributed by atoms with E-state index >= 15 is 0 Å². The third-order valence-electron chi connectivity index (χ3n) is 4.12. The van der Waals surface area contributed by atoms with Gasteiger partial charge in [0.25, 0.3) is 0 Å². The Morgan fingerprint density at radius 3 is 2.45 bits per heavy atom. The molecule has 2 heterocycles. The van der Waals surface area contributed by atoms with Crippen molar-refractivity contribution in [3.05, 3.63) is 29.3 Å². The summed E-state index contributed by atoms with van der Waals surface area (Å²) >= 11 is 0. The first-order valence-corrected chi connectivity index (χ1v) is 7.98. The molecule has 0 bridgehead atoms. The van der Waals surface area contributed by atoms with Crippen LogP contribution in [0.3, 0.4) is 0 Å². The van der Waals surface area contributed by atoms with E-state index in [1.54, 1.807) is 4.90 Å². The Kier molecular flexibility index (Phi) is 4.00. The Balaban J connectivity index is 1.59. The first-order valence-electron chi connectivity index (χ1n) is 7.98. The number of ether oxygens (including phenoxy) is 1. The second-order valence-electron chi connectivity index (χ2n) is 7.01. The highest BCUT2D eigenvalue weighted by atomic mass is 16.6. The third-order valence-corrected chi connectivity index (χ3v) is 4.12. The Hall–Kier alpha value is -1.75. The summed E-state index contributed by atoms with van der Waals surface area (Å²) < 4.78 is 5.44. The molecule has 1 aromatic rings. The number of amides is 1. The SMILES string of the molecule is CC(C)(C)OC(=O)N1CCN(c2ccc3c(c2)CNC3)CC1. The lowest BCUT2D eigenvalue weighted by molar-refractivity contribution is 0.0240. The summed E-state index contributed by atoms with van der Waals surface area (Å²) in [7, 11) is 0. The second-order valence-corrected chi connectivity index (χ2v) is 7.01. The molecule has 5 heteroatoms. The van der Waals surface area contributed by atoms with Gasteiger partial charge in [0, 0.05) is 45.0 Å². The molecule has 1 aromatic carbocycles. The van der Waals surface area contributed by atoms with Crippen molar-refractivity contribution in [2.75, 3.05) is 31.1 Å². The molecule has 1 N–H and O–H groups in total.